The van der Waals surface area contributed by atoms with Crippen molar-refractivity contribution in [1.82, 2.24) is 9.88 Å². The first kappa shape index (κ1) is 17.0. The fraction of sp³-hybridized carbons (Fsp3) is 0.400. The zero-order valence-electron chi connectivity index (χ0n) is 14.3. The number of carbonyl (C=O) groups excluding carboxylic acids is 1. The summed E-state index contributed by atoms with van der Waals surface area (Å²) in [5, 5.41) is 1.57. The second-order valence-electron chi connectivity index (χ2n) is 6.47. The number of hydrogen-bond donors (Lipinski definition) is 0. The average Bonchev–Trinajstić information content (AvgIpc) is 2.62. The highest BCUT2D eigenvalue weighted by Gasteiger charge is 2.28. The van der Waals surface area contributed by atoms with E-state index in [1.54, 1.807) is 11.8 Å². The van der Waals surface area contributed by atoms with E-state index in [2.05, 4.69) is 31.0 Å². The second-order valence-corrected chi connectivity index (χ2v) is 8.07. The summed E-state index contributed by atoms with van der Waals surface area (Å²) in [6.07, 6.45) is 5.19. The third kappa shape index (κ3) is 3.99. The summed E-state index contributed by atoms with van der Waals surface area (Å²) in [5.74, 6) is 0.126. The van der Waals surface area contributed by atoms with Gasteiger partial charge in [-0.3, -0.25) is 4.79 Å². The smallest absolute Gasteiger partial charge is 0.254 e. The van der Waals surface area contributed by atoms with E-state index in [9.17, 15) is 4.79 Å². The highest BCUT2D eigenvalue weighted by atomic mass is 32.2. The first-order valence-corrected chi connectivity index (χ1v) is 9.52. The van der Waals surface area contributed by atoms with Crippen LogP contribution in [0, 0.1) is 0 Å². The van der Waals surface area contributed by atoms with Crippen molar-refractivity contribution in [1.29, 1.82) is 0 Å². The van der Waals surface area contributed by atoms with Crippen LogP contribution in [-0.4, -0.2) is 27.6 Å². The molecule has 1 amide bonds. The third-order valence-corrected chi connectivity index (χ3v) is 5.24. The van der Waals surface area contributed by atoms with Crippen molar-refractivity contribution in [2.24, 2.45) is 0 Å². The molecule has 2 aromatic rings. The zero-order valence-corrected chi connectivity index (χ0v) is 15.1. The highest BCUT2D eigenvalue weighted by molar-refractivity contribution is 7.99. The van der Waals surface area contributed by atoms with Gasteiger partial charge in [-0.1, -0.05) is 38.1 Å². The molecule has 4 heteroatoms. The molecule has 0 bridgehead atoms. The molecule has 1 aliphatic rings. The van der Waals surface area contributed by atoms with Crippen LogP contribution >= 0.6 is 11.8 Å². The van der Waals surface area contributed by atoms with E-state index >= 15 is 0 Å². The Morgan fingerprint density at radius 1 is 1.17 bits per heavy atom. The Morgan fingerprint density at radius 2 is 1.96 bits per heavy atom. The van der Waals surface area contributed by atoms with Gasteiger partial charge in [0.1, 0.15) is 0 Å². The number of piperidine rings is 1. The number of thioether (sulfide) groups is 1. The molecular formula is C20H24N2OS. The number of nitrogens with zero attached hydrogens (tertiary/aromatic N) is 2. The Morgan fingerprint density at radius 3 is 2.62 bits per heavy atom. The maximum absolute atomic E-state index is 12.9. The summed E-state index contributed by atoms with van der Waals surface area (Å²) in [5.41, 5.74) is 1.91. The van der Waals surface area contributed by atoms with Crippen LogP contribution < -0.4 is 0 Å². The van der Waals surface area contributed by atoms with Crippen molar-refractivity contribution < 1.29 is 4.79 Å². The van der Waals surface area contributed by atoms with Gasteiger partial charge in [-0.05, 0) is 43.0 Å². The Kier molecular flexibility index (Phi) is 5.56. The molecule has 0 aliphatic carbocycles. The van der Waals surface area contributed by atoms with Crippen LogP contribution in [-0.2, 0) is 0 Å². The molecule has 0 N–H and O–H groups in total. The van der Waals surface area contributed by atoms with Gasteiger partial charge < -0.3 is 4.90 Å². The average molecular weight is 340 g/mol. The Hall–Kier alpha value is -1.81. The fourth-order valence-corrected chi connectivity index (χ4v) is 3.91. The van der Waals surface area contributed by atoms with E-state index in [4.69, 9.17) is 0 Å². The predicted octanol–water partition coefficient (Wildman–Crippen LogP) is 4.95. The molecule has 0 spiro atoms. The molecule has 3 nitrogen and oxygen atoms in total. The van der Waals surface area contributed by atoms with Gasteiger partial charge in [-0.2, -0.15) is 0 Å². The topological polar surface area (TPSA) is 33.2 Å². The van der Waals surface area contributed by atoms with E-state index < -0.39 is 0 Å². The van der Waals surface area contributed by atoms with E-state index in [0.717, 1.165) is 42.0 Å². The number of amides is 1. The minimum absolute atomic E-state index is 0.126. The molecule has 126 valence electrons. The van der Waals surface area contributed by atoms with Crippen molar-refractivity contribution in [2.75, 3.05) is 6.54 Å². The number of aromatic nitrogens is 1. The Balaban J connectivity index is 1.80. The second kappa shape index (κ2) is 7.84. The van der Waals surface area contributed by atoms with Crippen molar-refractivity contribution in [3.63, 3.8) is 0 Å². The quantitative estimate of drug-likeness (QED) is 0.738. The number of likely N-dealkylation sites (tertiary alicyclic amines) is 1. The number of rotatable bonds is 4. The molecule has 1 aromatic carbocycles. The molecule has 1 fully saturated rings. The van der Waals surface area contributed by atoms with Crippen LogP contribution in [0.1, 0.15) is 55.1 Å². The normalized spacial score (nSPS) is 18.0. The first-order chi connectivity index (χ1) is 11.6. The van der Waals surface area contributed by atoms with Crippen LogP contribution in [0.25, 0.3) is 0 Å². The molecule has 1 saturated heterocycles. The van der Waals surface area contributed by atoms with Crippen molar-refractivity contribution in [2.45, 2.75) is 49.4 Å². The van der Waals surface area contributed by atoms with E-state index in [-0.39, 0.29) is 11.9 Å². The highest BCUT2D eigenvalue weighted by Crippen LogP contribution is 2.32. The summed E-state index contributed by atoms with van der Waals surface area (Å²) < 4.78 is 0. The SMILES string of the molecule is CC(C)Sc1ccc([C@@H]2CCCCN2C(=O)c2ccccc2)cn1. The lowest BCUT2D eigenvalue weighted by Gasteiger charge is -2.36. The van der Waals surface area contributed by atoms with Gasteiger partial charge >= 0.3 is 0 Å². The van der Waals surface area contributed by atoms with Gasteiger partial charge in [-0.25, -0.2) is 4.98 Å². The van der Waals surface area contributed by atoms with E-state index in [1.165, 1.54) is 0 Å². The van der Waals surface area contributed by atoms with Crippen LogP contribution in [0.4, 0.5) is 0 Å². The first-order valence-electron chi connectivity index (χ1n) is 8.64. The molecule has 0 unspecified atom stereocenters. The maximum Gasteiger partial charge on any atom is 0.254 e. The monoisotopic (exact) mass is 340 g/mol. The van der Waals surface area contributed by atoms with Gasteiger partial charge in [0.25, 0.3) is 5.91 Å². The van der Waals surface area contributed by atoms with Gasteiger partial charge in [-0.15, -0.1) is 11.8 Å². The molecule has 1 aromatic heterocycles. The molecule has 3 rings (SSSR count). The molecule has 0 saturated carbocycles. The van der Waals surface area contributed by atoms with Gasteiger partial charge in [0.2, 0.25) is 0 Å². The van der Waals surface area contributed by atoms with Crippen LogP contribution in [0.5, 0.6) is 0 Å². The van der Waals surface area contributed by atoms with Crippen molar-refractivity contribution >= 4 is 17.7 Å². The summed E-state index contributed by atoms with van der Waals surface area (Å²) >= 11 is 1.77. The molecule has 0 radical (unpaired) electrons. The minimum Gasteiger partial charge on any atom is -0.332 e. The number of benzene rings is 1. The maximum atomic E-state index is 12.9. The summed E-state index contributed by atoms with van der Waals surface area (Å²) in [7, 11) is 0. The molecular weight excluding hydrogens is 316 g/mol. The van der Waals surface area contributed by atoms with Crippen LogP contribution in [0.3, 0.4) is 0 Å². The lowest BCUT2D eigenvalue weighted by atomic mass is 9.95. The van der Waals surface area contributed by atoms with Gasteiger partial charge in [0, 0.05) is 23.6 Å². The van der Waals surface area contributed by atoms with Crippen LogP contribution in [0.15, 0.2) is 53.7 Å². The molecule has 1 atom stereocenters. The predicted molar refractivity (Wildman–Crippen MR) is 99.3 cm³/mol. The molecule has 24 heavy (non-hydrogen) atoms. The molecule has 2 heterocycles. The Labute approximate surface area is 148 Å². The van der Waals surface area contributed by atoms with Crippen molar-refractivity contribution in [3.05, 3.63) is 59.8 Å². The lowest BCUT2D eigenvalue weighted by molar-refractivity contribution is 0.0611. The number of pyridine rings is 1. The van der Waals surface area contributed by atoms with Gasteiger partial charge in [0.15, 0.2) is 0 Å². The number of carbonyl (C=O) groups is 1. The largest absolute Gasteiger partial charge is 0.332 e. The van der Waals surface area contributed by atoms with Gasteiger partial charge in [0.05, 0.1) is 11.1 Å². The van der Waals surface area contributed by atoms with Crippen LogP contribution in [0.2, 0.25) is 0 Å². The summed E-state index contributed by atoms with van der Waals surface area (Å²) in [4.78, 5) is 19.5. The summed E-state index contributed by atoms with van der Waals surface area (Å²) in [6, 6.07) is 13.9. The molecule has 1 aliphatic heterocycles. The number of hydrogen-bond acceptors (Lipinski definition) is 3. The third-order valence-electron chi connectivity index (χ3n) is 4.28. The lowest BCUT2D eigenvalue weighted by Crippen LogP contribution is -2.38. The van der Waals surface area contributed by atoms with E-state index in [0.29, 0.717) is 5.25 Å². The Bertz CT molecular complexity index is 670. The standard InChI is InChI=1S/C20H24N2OS/c1-15(2)24-19-12-11-17(14-21-19)18-10-6-7-13-22(18)20(23)16-8-4-3-5-9-16/h3-5,8-9,11-12,14-15,18H,6-7,10,13H2,1-2H3/t18-/m0/s1. The van der Waals surface area contributed by atoms with E-state index in [1.807, 2.05) is 41.4 Å². The summed E-state index contributed by atoms with van der Waals surface area (Å²) in [6.45, 7) is 5.16. The van der Waals surface area contributed by atoms with Crippen molar-refractivity contribution in [3.8, 4) is 0 Å². The zero-order chi connectivity index (χ0) is 16.9. The minimum atomic E-state index is 0.126. The fourth-order valence-electron chi connectivity index (χ4n) is 3.17.